The lowest BCUT2D eigenvalue weighted by Crippen LogP contribution is -2.25. The molecule has 1 aromatic rings. The second kappa shape index (κ2) is 6.91. The van der Waals surface area contributed by atoms with Crippen molar-refractivity contribution in [2.45, 2.75) is 44.8 Å². The Morgan fingerprint density at radius 1 is 1.35 bits per heavy atom. The molecule has 20 heavy (non-hydrogen) atoms. The van der Waals surface area contributed by atoms with Crippen LogP contribution in [0.15, 0.2) is 6.07 Å². The van der Waals surface area contributed by atoms with Crippen LogP contribution in [0.25, 0.3) is 0 Å². The van der Waals surface area contributed by atoms with Crippen LogP contribution in [0.3, 0.4) is 0 Å². The van der Waals surface area contributed by atoms with Crippen LogP contribution in [-0.2, 0) is 17.6 Å². The topological polar surface area (TPSA) is 21.3 Å². The second-order valence-electron chi connectivity index (χ2n) is 5.15. The summed E-state index contributed by atoms with van der Waals surface area (Å²) in [6.45, 7) is 1.38. The van der Waals surface area contributed by atoms with Crippen LogP contribution >= 0.6 is 11.3 Å². The summed E-state index contributed by atoms with van der Waals surface area (Å²) < 4.78 is 40.3. The smallest absolute Gasteiger partial charge is 0.371 e. The Morgan fingerprint density at radius 2 is 2.10 bits per heavy atom. The number of aryl methyl sites for hydroxylation is 2. The minimum Gasteiger partial charge on any atom is -0.371 e. The highest BCUT2D eigenvalue weighted by Crippen LogP contribution is 2.32. The van der Waals surface area contributed by atoms with Gasteiger partial charge in [0.05, 0.1) is 6.61 Å². The number of fused-ring (bicyclic) bond motifs is 1. The van der Waals surface area contributed by atoms with Gasteiger partial charge in [-0.3, -0.25) is 0 Å². The Bertz CT molecular complexity index is 407. The van der Waals surface area contributed by atoms with E-state index >= 15 is 0 Å². The van der Waals surface area contributed by atoms with Gasteiger partial charge >= 0.3 is 6.18 Å². The Hall–Kier alpha value is -0.590. The van der Waals surface area contributed by atoms with E-state index in [1.165, 1.54) is 34.6 Å². The molecule has 1 aromatic heterocycles. The summed E-state index contributed by atoms with van der Waals surface area (Å²) in [6, 6.07) is 2.41. The quantitative estimate of drug-likeness (QED) is 0.806. The highest BCUT2D eigenvalue weighted by atomic mass is 32.1. The van der Waals surface area contributed by atoms with Crippen molar-refractivity contribution in [1.29, 1.82) is 0 Å². The zero-order valence-corrected chi connectivity index (χ0v) is 12.4. The van der Waals surface area contributed by atoms with E-state index in [0.717, 1.165) is 6.42 Å². The number of alkyl halides is 3. The van der Waals surface area contributed by atoms with Gasteiger partial charge in [-0.15, -0.1) is 11.3 Å². The van der Waals surface area contributed by atoms with Crippen LogP contribution in [0.1, 0.15) is 41.1 Å². The van der Waals surface area contributed by atoms with Crippen molar-refractivity contribution in [3.63, 3.8) is 0 Å². The Morgan fingerprint density at radius 3 is 2.80 bits per heavy atom. The largest absolute Gasteiger partial charge is 0.411 e. The average Bonchev–Trinajstić information content (AvgIpc) is 2.80. The van der Waals surface area contributed by atoms with Gasteiger partial charge in [0.15, 0.2) is 0 Å². The van der Waals surface area contributed by atoms with Crippen LogP contribution in [-0.4, -0.2) is 25.9 Å². The first-order valence-corrected chi connectivity index (χ1v) is 7.77. The van der Waals surface area contributed by atoms with Gasteiger partial charge in [-0.2, -0.15) is 13.2 Å². The zero-order valence-electron chi connectivity index (χ0n) is 11.6. The predicted octanol–water partition coefficient (Wildman–Crippen LogP) is 3.86. The molecule has 0 amide bonds. The number of thiophene rings is 1. The van der Waals surface area contributed by atoms with Crippen molar-refractivity contribution in [1.82, 2.24) is 5.32 Å². The molecule has 6 heteroatoms. The minimum absolute atomic E-state index is 0.0783. The fraction of sp³-hybridized carbons (Fsp3) is 0.714. The van der Waals surface area contributed by atoms with Gasteiger partial charge in [0.2, 0.25) is 0 Å². The van der Waals surface area contributed by atoms with Gasteiger partial charge < -0.3 is 10.1 Å². The summed E-state index contributed by atoms with van der Waals surface area (Å²) in [5.41, 5.74) is 1.46. The first kappa shape index (κ1) is 15.8. The summed E-state index contributed by atoms with van der Waals surface area (Å²) in [5, 5.41) is 3.21. The van der Waals surface area contributed by atoms with E-state index < -0.39 is 12.8 Å². The van der Waals surface area contributed by atoms with E-state index in [9.17, 15) is 13.2 Å². The SMILES string of the molecule is CC(NCCOCC(F)(F)F)c1cc2c(s1)CCCC2. The average molecular weight is 307 g/mol. The van der Waals surface area contributed by atoms with Crippen LogP contribution in [0.4, 0.5) is 13.2 Å². The van der Waals surface area contributed by atoms with Crippen LogP contribution < -0.4 is 5.32 Å². The van der Waals surface area contributed by atoms with E-state index in [4.69, 9.17) is 0 Å². The van der Waals surface area contributed by atoms with Crippen molar-refractivity contribution in [2.75, 3.05) is 19.8 Å². The maximum Gasteiger partial charge on any atom is 0.411 e. The predicted molar refractivity (Wildman–Crippen MR) is 74.3 cm³/mol. The molecule has 0 radical (unpaired) electrons. The van der Waals surface area contributed by atoms with E-state index in [1.807, 2.05) is 18.3 Å². The molecule has 0 aromatic carbocycles. The summed E-state index contributed by atoms with van der Waals surface area (Å²) >= 11 is 1.83. The molecule has 1 heterocycles. The minimum atomic E-state index is -4.24. The number of ether oxygens (including phenoxy) is 1. The van der Waals surface area contributed by atoms with Crippen LogP contribution in [0.2, 0.25) is 0 Å². The molecule has 0 aliphatic heterocycles. The lowest BCUT2D eigenvalue weighted by molar-refractivity contribution is -0.173. The third kappa shape index (κ3) is 4.75. The highest BCUT2D eigenvalue weighted by Gasteiger charge is 2.27. The van der Waals surface area contributed by atoms with Gasteiger partial charge in [0.1, 0.15) is 6.61 Å². The molecule has 0 saturated carbocycles. The van der Waals surface area contributed by atoms with Crippen molar-refractivity contribution in [3.8, 4) is 0 Å². The lowest BCUT2D eigenvalue weighted by Gasteiger charge is -2.13. The van der Waals surface area contributed by atoms with Crippen molar-refractivity contribution in [2.24, 2.45) is 0 Å². The summed E-state index contributed by atoms with van der Waals surface area (Å²) in [4.78, 5) is 2.75. The van der Waals surface area contributed by atoms with Gasteiger partial charge in [-0.05, 0) is 44.2 Å². The third-order valence-electron chi connectivity index (χ3n) is 3.41. The number of hydrogen-bond acceptors (Lipinski definition) is 3. The molecule has 2 rings (SSSR count). The molecule has 1 aliphatic rings. The molecular formula is C14H20F3NOS. The molecule has 0 saturated heterocycles. The molecule has 1 aliphatic carbocycles. The first-order valence-electron chi connectivity index (χ1n) is 6.95. The fourth-order valence-electron chi connectivity index (χ4n) is 2.36. The van der Waals surface area contributed by atoms with Crippen molar-refractivity contribution < 1.29 is 17.9 Å². The van der Waals surface area contributed by atoms with E-state index in [-0.39, 0.29) is 12.6 Å². The number of hydrogen-bond donors (Lipinski definition) is 1. The molecular weight excluding hydrogens is 287 g/mol. The van der Waals surface area contributed by atoms with E-state index in [1.54, 1.807) is 0 Å². The fourth-order valence-corrected chi connectivity index (χ4v) is 3.65. The van der Waals surface area contributed by atoms with E-state index in [0.29, 0.717) is 6.54 Å². The molecule has 0 bridgehead atoms. The third-order valence-corrected chi connectivity index (χ3v) is 4.82. The summed E-state index contributed by atoms with van der Waals surface area (Å²) in [7, 11) is 0. The normalized spacial score (nSPS) is 17.0. The molecule has 1 unspecified atom stereocenters. The molecule has 1 atom stereocenters. The maximum absolute atomic E-state index is 11.9. The first-order chi connectivity index (χ1) is 9.46. The maximum atomic E-state index is 11.9. The number of halogens is 3. The van der Waals surface area contributed by atoms with Gasteiger partial charge in [0, 0.05) is 22.3 Å². The van der Waals surface area contributed by atoms with E-state index in [2.05, 4.69) is 16.1 Å². The highest BCUT2D eigenvalue weighted by molar-refractivity contribution is 7.12. The van der Waals surface area contributed by atoms with Crippen molar-refractivity contribution in [3.05, 3.63) is 21.4 Å². The zero-order chi connectivity index (χ0) is 14.6. The molecule has 1 N–H and O–H groups in total. The summed E-state index contributed by atoms with van der Waals surface area (Å²) in [6.07, 6.45) is 0.614. The number of nitrogens with one attached hydrogen (secondary N) is 1. The van der Waals surface area contributed by atoms with Gasteiger partial charge in [-0.1, -0.05) is 0 Å². The molecule has 0 spiro atoms. The monoisotopic (exact) mass is 307 g/mol. The van der Waals surface area contributed by atoms with Crippen molar-refractivity contribution >= 4 is 11.3 Å². The lowest BCUT2D eigenvalue weighted by atomic mass is 9.99. The Labute approximate surface area is 121 Å². The second-order valence-corrected chi connectivity index (χ2v) is 6.32. The molecule has 2 nitrogen and oxygen atoms in total. The Balaban J connectivity index is 1.72. The standard InChI is InChI=1S/C14H20F3NOS/c1-10(18-6-7-19-9-14(15,16)17)13-8-11-4-2-3-5-12(11)20-13/h8,10,18H,2-7,9H2,1H3. The summed E-state index contributed by atoms with van der Waals surface area (Å²) in [5.74, 6) is 0. The number of rotatable bonds is 6. The van der Waals surface area contributed by atoms with Gasteiger partial charge in [-0.25, -0.2) is 0 Å². The van der Waals surface area contributed by atoms with Crippen LogP contribution in [0, 0.1) is 0 Å². The Kier molecular flexibility index (Phi) is 5.46. The van der Waals surface area contributed by atoms with Crippen LogP contribution in [0.5, 0.6) is 0 Å². The molecule has 0 fully saturated rings. The molecule has 114 valence electrons. The van der Waals surface area contributed by atoms with Gasteiger partial charge in [0.25, 0.3) is 0 Å².